The minimum Gasteiger partial charge on any atom is -0.375 e. The van der Waals surface area contributed by atoms with Gasteiger partial charge in [0.1, 0.15) is 12.6 Å². The molecule has 2 aromatic carbocycles. The Labute approximate surface area is 233 Å². The number of halogens is 2. The van der Waals surface area contributed by atoms with Crippen molar-refractivity contribution in [1.82, 2.24) is 14.9 Å². The Hall–Kier alpha value is -3.24. The van der Waals surface area contributed by atoms with E-state index >= 15 is 0 Å². The van der Waals surface area contributed by atoms with Crippen LogP contribution in [0.4, 0.5) is 11.4 Å². The lowest BCUT2D eigenvalue weighted by Crippen LogP contribution is -2.30. The lowest BCUT2D eigenvalue weighted by Gasteiger charge is -2.29. The number of hydrogen-bond donors (Lipinski definition) is 2. The van der Waals surface area contributed by atoms with E-state index in [1.54, 1.807) is 18.3 Å². The second-order valence-electron chi connectivity index (χ2n) is 8.42. The molecule has 0 spiro atoms. The summed E-state index contributed by atoms with van der Waals surface area (Å²) >= 11 is 16.0. The zero-order valence-corrected chi connectivity index (χ0v) is 22.9. The van der Waals surface area contributed by atoms with Gasteiger partial charge in [-0.1, -0.05) is 33.6 Å². The zero-order chi connectivity index (χ0) is 25.9. The predicted molar refractivity (Wildman–Crippen MR) is 153 cm³/mol. The Bertz CT molecular complexity index is 1430. The molecule has 7 nitrogen and oxygen atoms in total. The minimum atomic E-state index is -0.282. The van der Waals surface area contributed by atoms with Crippen LogP contribution >= 0.6 is 39.7 Å². The van der Waals surface area contributed by atoms with Gasteiger partial charge in [0, 0.05) is 41.0 Å². The van der Waals surface area contributed by atoms with Crippen molar-refractivity contribution >= 4 is 62.1 Å². The second-order valence-corrected chi connectivity index (χ2v) is 10.1. The molecule has 37 heavy (non-hydrogen) atoms. The molecule has 2 aromatic heterocycles. The molecule has 1 fully saturated rings. The minimum absolute atomic E-state index is 0.0565. The molecule has 2 atom stereocenters. The lowest BCUT2D eigenvalue weighted by atomic mass is 10.0. The molecule has 3 heterocycles. The highest BCUT2D eigenvalue weighted by Crippen LogP contribution is 2.43. The molecule has 1 aliphatic heterocycles. The molecule has 188 valence electrons. The number of benzene rings is 2. The fraction of sp³-hybridized carbons (Fsp3) is 0.148. The average Bonchev–Trinajstić information content (AvgIpc) is 3.51. The predicted octanol–water partition coefficient (Wildman–Crippen LogP) is 6.05. The molecular formula is C27H23BrClN5O2S. The first-order valence-electron chi connectivity index (χ1n) is 11.5. The highest BCUT2D eigenvalue weighted by Gasteiger charge is 2.42. The summed E-state index contributed by atoms with van der Waals surface area (Å²) in [5.41, 5.74) is 4.21. The first-order valence-corrected chi connectivity index (χ1v) is 13.1. The lowest BCUT2D eigenvalue weighted by molar-refractivity contribution is -0.119. The van der Waals surface area contributed by atoms with Crippen LogP contribution in [0.5, 0.6) is 0 Å². The van der Waals surface area contributed by atoms with E-state index in [2.05, 4.69) is 54.3 Å². The number of pyridine rings is 1. The summed E-state index contributed by atoms with van der Waals surface area (Å²) in [7, 11) is 1.47. The number of nitrogens with zero attached hydrogens (tertiary/aromatic N) is 3. The van der Waals surface area contributed by atoms with Crippen LogP contribution in [0.3, 0.4) is 0 Å². The summed E-state index contributed by atoms with van der Waals surface area (Å²) in [4.78, 5) is 18.7. The monoisotopic (exact) mass is 595 g/mol. The van der Waals surface area contributed by atoms with E-state index in [9.17, 15) is 4.79 Å². The van der Waals surface area contributed by atoms with Crippen LogP contribution in [-0.4, -0.2) is 34.3 Å². The molecule has 1 aliphatic rings. The van der Waals surface area contributed by atoms with Crippen molar-refractivity contribution in [3.63, 3.8) is 0 Å². The Balaban J connectivity index is 1.58. The van der Waals surface area contributed by atoms with Crippen molar-refractivity contribution in [2.45, 2.75) is 12.1 Å². The molecule has 0 unspecified atom stereocenters. The Morgan fingerprint density at radius 3 is 2.62 bits per heavy atom. The highest BCUT2D eigenvalue weighted by atomic mass is 79.9. The van der Waals surface area contributed by atoms with Gasteiger partial charge in [-0.15, -0.1) is 0 Å². The molecule has 5 rings (SSSR count). The van der Waals surface area contributed by atoms with Crippen molar-refractivity contribution in [3.05, 3.63) is 106 Å². The molecule has 0 radical (unpaired) electrons. The van der Waals surface area contributed by atoms with E-state index in [1.807, 2.05) is 53.6 Å². The average molecular weight is 597 g/mol. The first-order chi connectivity index (χ1) is 18.0. The van der Waals surface area contributed by atoms with Crippen LogP contribution in [-0.2, 0) is 9.53 Å². The number of amides is 1. The van der Waals surface area contributed by atoms with Gasteiger partial charge in [0.25, 0.3) is 0 Å². The number of ether oxygens (including phenoxy) is 1. The summed E-state index contributed by atoms with van der Waals surface area (Å²) < 4.78 is 8.06. The van der Waals surface area contributed by atoms with E-state index in [0.29, 0.717) is 15.8 Å². The second kappa shape index (κ2) is 11.0. The van der Waals surface area contributed by atoms with Crippen LogP contribution < -0.4 is 15.5 Å². The van der Waals surface area contributed by atoms with Crippen molar-refractivity contribution in [1.29, 1.82) is 0 Å². The molecule has 10 heteroatoms. The summed E-state index contributed by atoms with van der Waals surface area (Å²) in [5.74, 6) is -0.282. The number of aromatic nitrogens is 2. The van der Waals surface area contributed by atoms with Crippen LogP contribution in [0.15, 0.2) is 89.7 Å². The molecule has 0 saturated carbocycles. The highest BCUT2D eigenvalue weighted by molar-refractivity contribution is 9.10. The molecule has 0 bridgehead atoms. The third-order valence-corrected chi connectivity index (χ3v) is 7.22. The molecule has 4 aromatic rings. The van der Waals surface area contributed by atoms with Crippen LogP contribution in [0, 0.1) is 0 Å². The molecule has 1 saturated heterocycles. The first kappa shape index (κ1) is 25.4. The van der Waals surface area contributed by atoms with E-state index in [-0.39, 0.29) is 24.6 Å². The summed E-state index contributed by atoms with van der Waals surface area (Å²) in [6.45, 7) is -0.0565. The summed E-state index contributed by atoms with van der Waals surface area (Å²) in [6.07, 6.45) is 3.82. The van der Waals surface area contributed by atoms with Crippen molar-refractivity contribution in [2.24, 2.45) is 0 Å². The maximum absolute atomic E-state index is 12.0. The van der Waals surface area contributed by atoms with Gasteiger partial charge < -0.3 is 24.8 Å². The van der Waals surface area contributed by atoms with Gasteiger partial charge in [-0.05, 0) is 78.9 Å². The van der Waals surface area contributed by atoms with Gasteiger partial charge in [0.2, 0.25) is 5.91 Å². The number of anilines is 2. The third-order valence-electron chi connectivity index (χ3n) is 6.07. The van der Waals surface area contributed by atoms with Gasteiger partial charge in [-0.2, -0.15) is 0 Å². The smallest absolute Gasteiger partial charge is 0.250 e. The molecule has 1 amide bonds. The summed E-state index contributed by atoms with van der Waals surface area (Å²) in [5, 5.41) is 7.19. The number of nitrogens with one attached hydrogen (secondary N) is 2. The van der Waals surface area contributed by atoms with E-state index < -0.39 is 0 Å². The zero-order valence-electron chi connectivity index (χ0n) is 19.8. The number of thiocarbonyl (C=S) groups is 1. The quantitative estimate of drug-likeness (QED) is 0.253. The fourth-order valence-corrected chi connectivity index (χ4v) is 5.31. The summed E-state index contributed by atoms with van der Waals surface area (Å²) in [6, 6.07) is 23.1. The standard InChI is InChI=1S/C27H23BrClN5O2S/c1-36-16-24(35)31-21-12-11-19(15-20(21)29)34-26(25(32-27(34)37)22-5-2-3-13-30-22)23-6-4-14-33(23)18-9-7-17(28)8-10-18/h2-15,25-26H,16H2,1H3,(H,31,35)(H,32,37)/t25-,26+/m0/s1. The number of methoxy groups -OCH3 is 1. The van der Waals surface area contributed by atoms with E-state index in [4.69, 9.17) is 28.6 Å². The third kappa shape index (κ3) is 5.26. The number of hydrogen-bond acceptors (Lipinski definition) is 4. The maximum atomic E-state index is 12.0. The molecule has 2 N–H and O–H groups in total. The topological polar surface area (TPSA) is 71.4 Å². The van der Waals surface area contributed by atoms with Crippen LogP contribution in [0.2, 0.25) is 5.02 Å². The van der Waals surface area contributed by atoms with Crippen molar-refractivity contribution in [3.8, 4) is 5.69 Å². The molecule has 0 aliphatic carbocycles. The van der Waals surface area contributed by atoms with E-state index in [0.717, 1.165) is 27.2 Å². The normalized spacial score (nSPS) is 17.1. The van der Waals surface area contributed by atoms with Gasteiger partial charge in [-0.3, -0.25) is 9.78 Å². The van der Waals surface area contributed by atoms with Crippen LogP contribution in [0.1, 0.15) is 23.5 Å². The Kier molecular flexibility index (Phi) is 7.57. The number of rotatable bonds is 7. The van der Waals surface area contributed by atoms with Gasteiger partial charge in [0.15, 0.2) is 5.11 Å². The van der Waals surface area contributed by atoms with Crippen molar-refractivity contribution in [2.75, 3.05) is 23.9 Å². The Morgan fingerprint density at radius 2 is 1.92 bits per heavy atom. The fourth-order valence-electron chi connectivity index (χ4n) is 4.48. The van der Waals surface area contributed by atoms with Crippen LogP contribution in [0.25, 0.3) is 5.69 Å². The van der Waals surface area contributed by atoms with Crippen molar-refractivity contribution < 1.29 is 9.53 Å². The molecular weight excluding hydrogens is 574 g/mol. The largest absolute Gasteiger partial charge is 0.375 e. The SMILES string of the molecule is COCC(=O)Nc1ccc(N2C(=S)N[C@@H](c3ccccn3)[C@H]2c2cccn2-c2ccc(Br)cc2)cc1Cl. The number of carbonyl (C=O) groups excluding carboxylic acids is 1. The number of carbonyl (C=O) groups is 1. The van der Waals surface area contributed by atoms with Gasteiger partial charge in [0.05, 0.1) is 22.4 Å². The van der Waals surface area contributed by atoms with Gasteiger partial charge in [-0.25, -0.2) is 0 Å². The Morgan fingerprint density at radius 1 is 1.14 bits per heavy atom. The maximum Gasteiger partial charge on any atom is 0.250 e. The van der Waals surface area contributed by atoms with Gasteiger partial charge >= 0.3 is 0 Å². The van der Waals surface area contributed by atoms with E-state index in [1.165, 1.54) is 7.11 Å².